The summed E-state index contributed by atoms with van der Waals surface area (Å²) in [5.41, 5.74) is 10.7. The average Bonchev–Trinajstić information content (AvgIpc) is 2.88. The lowest BCUT2D eigenvalue weighted by atomic mass is 9.98. The highest BCUT2D eigenvalue weighted by Gasteiger charge is 2.41. The second-order valence-electron chi connectivity index (χ2n) is 9.06. The molecule has 5 amide bonds. The number of aliphatic hydroxyl groups excluding tert-OH is 3. The summed E-state index contributed by atoms with van der Waals surface area (Å²) in [6.07, 6.45) is -7.89. The maximum atomic E-state index is 12.9. The van der Waals surface area contributed by atoms with E-state index in [0.717, 1.165) is 6.92 Å². The first-order valence-electron chi connectivity index (χ1n) is 12.4. The molecule has 0 aromatic heterocycles. The van der Waals surface area contributed by atoms with E-state index in [1.807, 2.05) is 0 Å². The van der Waals surface area contributed by atoms with Gasteiger partial charge >= 0.3 is 5.97 Å². The van der Waals surface area contributed by atoms with Gasteiger partial charge in [-0.15, -0.1) is 0 Å². The molecule has 0 radical (unpaired) electrons. The molecular weight excluding hydrogens is 538 g/mol. The third kappa shape index (κ3) is 12.0. The van der Waals surface area contributed by atoms with Gasteiger partial charge in [-0.3, -0.25) is 28.8 Å². The van der Waals surface area contributed by atoms with Crippen LogP contribution < -0.4 is 27.4 Å². The van der Waals surface area contributed by atoms with E-state index in [4.69, 9.17) is 21.3 Å². The fraction of sp³-hybridized carbons (Fsp3) is 0.696. The predicted octanol–water partition coefficient (Wildman–Crippen LogP) is -4.60. The Bertz CT molecular complexity index is 917. The normalized spacial score (nSPS) is 17.1. The van der Waals surface area contributed by atoms with Gasteiger partial charge in [-0.25, -0.2) is 0 Å². The first-order valence-corrected chi connectivity index (χ1v) is 12.4. The lowest BCUT2D eigenvalue weighted by Gasteiger charge is -2.34. The number of carboxylic acids is 1. The number of nitrogens with two attached hydrogens (primary N) is 2. The maximum Gasteiger partial charge on any atom is 0.325 e. The minimum absolute atomic E-state index is 0.0183. The van der Waals surface area contributed by atoms with Crippen LogP contribution in [0.1, 0.15) is 46.5 Å². The smallest absolute Gasteiger partial charge is 0.325 e. The van der Waals surface area contributed by atoms with E-state index in [9.17, 15) is 48.9 Å². The summed E-state index contributed by atoms with van der Waals surface area (Å²) < 4.78 is 5.48. The molecular formula is C23H39N5O12. The standard InChI is InChI=1S/C23H39N5O12/c1-4-5-15(32)27-13(8-29)19(17(34)14(31)9-30)40-18(21(25)36)10(2)22(37)28-12(20(24)35)6-7-16(33)26-11(3)23(38)39/h8,10-14,17-19,30-31,34H,4-7,9H2,1-3H3,(H2,24,35)(H2,25,36)(H,26,33)(H,27,32)(H,28,37)(H,38,39)/t10?,11?,12?,13-,14+,17+,18?,19+/m0/s1. The molecule has 17 heteroatoms. The van der Waals surface area contributed by atoms with Gasteiger partial charge in [0.1, 0.15) is 48.8 Å². The number of hydrogen-bond donors (Lipinski definition) is 9. The largest absolute Gasteiger partial charge is 0.480 e. The van der Waals surface area contributed by atoms with Gasteiger partial charge in [0.15, 0.2) is 0 Å². The van der Waals surface area contributed by atoms with Crippen LogP contribution in [0.25, 0.3) is 0 Å². The van der Waals surface area contributed by atoms with E-state index >= 15 is 0 Å². The van der Waals surface area contributed by atoms with Crippen molar-refractivity contribution >= 4 is 41.8 Å². The molecule has 0 aromatic carbocycles. The Morgan fingerprint density at radius 3 is 1.95 bits per heavy atom. The lowest BCUT2D eigenvalue weighted by molar-refractivity contribution is -0.167. The van der Waals surface area contributed by atoms with Gasteiger partial charge in [-0.2, -0.15) is 0 Å². The number of primary amides is 2. The molecule has 0 aromatic rings. The summed E-state index contributed by atoms with van der Waals surface area (Å²) in [5.74, 6) is -7.54. The monoisotopic (exact) mass is 577 g/mol. The fourth-order valence-corrected chi connectivity index (χ4v) is 3.36. The van der Waals surface area contributed by atoms with Crippen molar-refractivity contribution in [2.45, 2.75) is 89.0 Å². The first-order chi connectivity index (χ1) is 18.6. The number of carboxylic acid groups (broad SMARTS) is 1. The van der Waals surface area contributed by atoms with E-state index in [-0.39, 0.29) is 19.1 Å². The van der Waals surface area contributed by atoms with Gasteiger partial charge in [0, 0.05) is 12.8 Å². The Morgan fingerprint density at radius 2 is 1.50 bits per heavy atom. The summed E-state index contributed by atoms with van der Waals surface area (Å²) in [4.78, 5) is 83.6. The molecule has 0 rings (SSSR count). The van der Waals surface area contributed by atoms with Crippen molar-refractivity contribution in [3.05, 3.63) is 0 Å². The predicted molar refractivity (Wildman–Crippen MR) is 135 cm³/mol. The highest BCUT2D eigenvalue weighted by molar-refractivity contribution is 5.92. The number of hydrogen-bond acceptors (Lipinski definition) is 11. The number of amides is 5. The van der Waals surface area contributed by atoms with Crippen LogP contribution in [-0.4, -0.2) is 111 Å². The molecule has 4 unspecified atom stereocenters. The van der Waals surface area contributed by atoms with E-state index in [1.165, 1.54) is 6.92 Å². The molecule has 0 aliphatic rings. The van der Waals surface area contributed by atoms with Crippen LogP contribution in [0.15, 0.2) is 0 Å². The van der Waals surface area contributed by atoms with Gasteiger partial charge < -0.3 is 57.4 Å². The number of ether oxygens (including phenoxy) is 1. The van der Waals surface area contributed by atoms with Crippen LogP contribution in [0.2, 0.25) is 0 Å². The number of aliphatic hydroxyl groups is 3. The van der Waals surface area contributed by atoms with Crippen molar-refractivity contribution in [3.63, 3.8) is 0 Å². The van der Waals surface area contributed by atoms with Crippen molar-refractivity contribution in [1.82, 2.24) is 16.0 Å². The molecule has 228 valence electrons. The molecule has 0 heterocycles. The third-order valence-corrected chi connectivity index (χ3v) is 5.74. The van der Waals surface area contributed by atoms with E-state index in [0.29, 0.717) is 6.42 Å². The molecule has 11 N–H and O–H groups in total. The van der Waals surface area contributed by atoms with Gasteiger partial charge in [0.05, 0.1) is 12.5 Å². The zero-order valence-corrected chi connectivity index (χ0v) is 22.4. The Balaban J connectivity index is 5.80. The number of rotatable bonds is 20. The summed E-state index contributed by atoms with van der Waals surface area (Å²) in [5, 5.41) is 45.1. The number of carbonyl (C=O) groups excluding carboxylic acids is 6. The Hall–Kier alpha value is -3.67. The maximum absolute atomic E-state index is 12.9. The van der Waals surface area contributed by atoms with Crippen LogP contribution in [0.5, 0.6) is 0 Å². The lowest BCUT2D eigenvalue weighted by Crippen LogP contribution is -2.58. The van der Waals surface area contributed by atoms with Crippen molar-refractivity contribution in [2.75, 3.05) is 6.61 Å². The Morgan fingerprint density at radius 1 is 0.925 bits per heavy atom. The topological polar surface area (TPSA) is 298 Å². The van der Waals surface area contributed by atoms with Crippen LogP contribution >= 0.6 is 0 Å². The second-order valence-corrected chi connectivity index (χ2v) is 9.06. The summed E-state index contributed by atoms with van der Waals surface area (Å²) >= 11 is 0. The van der Waals surface area contributed by atoms with Crippen LogP contribution in [0.4, 0.5) is 0 Å². The molecule has 0 saturated carbocycles. The van der Waals surface area contributed by atoms with Gasteiger partial charge in [0.2, 0.25) is 29.5 Å². The summed E-state index contributed by atoms with van der Waals surface area (Å²) in [7, 11) is 0. The van der Waals surface area contributed by atoms with Crippen LogP contribution in [0.3, 0.4) is 0 Å². The highest BCUT2D eigenvalue weighted by Crippen LogP contribution is 2.18. The zero-order chi connectivity index (χ0) is 31.2. The SMILES string of the molecule is CCCC(=O)N[C@@H](C=O)[C@@H](OC(C(N)=O)C(C)C(=O)NC(CCC(=O)NC(C)C(=O)O)C(N)=O)[C@H](O)[C@H](O)CO. The van der Waals surface area contributed by atoms with Crippen molar-refractivity contribution in [1.29, 1.82) is 0 Å². The molecule has 0 bridgehead atoms. The number of aliphatic carboxylic acids is 1. The van der Waals surface area contributed by atoms with Crippen molar-refractivity contribution in [3.8, 4) is 0 Å². The number of carbonyl (C=O) groups is 7. The zero-order valence-electron chi connectivity index (χ0n) is 22.4. The van der Waals surface area contributed by atoms with Crippen LogP contribution in [-0.2, 0) is 38.3 Å². The first kappa shape index (κ1) is 36.3. The van der Waals surface area contributed by atoms with Crippen molar-refractivity contribution in [2.24, 2.45) is 17.4 Å². The molecule has 8 atom stereocenters. The second kappa shape index (κ2) is 17.8. The Labute approximate surface area is 230 Å². The molecule has 0 aliphatic heterocycles. The number of nitrogens with one attached hydrogen (secondary N) is 3. The molecule has 17 nitrogen and oxygen atoms in total. The third-order valence-electron chi connectivity index (χ3n) is 5.74. The molecule has 40 heavy (non-hydrogen) atoms. The van der Waals surface area contributed by atoms with Gasteiger partial charge in [0.25, 0.3) is 0 Å². The molecule has 0 fully saturated rings. The Kier molecular flexibility index (Phi) is 16.2. The fourth-order valence-electron chi connectivity index (χ4n) is 3.36. The van der Waals surface area contributed by atoms with Gasteiger partial charge in [-0.1, -0.05) is 13.8 Å². The minimum Gasteiger partial charge on any atom is -0.480 e. The molecule has 0 spiro atoms. The minimum atomic E-state index is -2.04. The molecule has 0 saturated heterocycles. The quantitative estimate of drug-likeness (QED) is 0.0618. The highest BCUT2D eigenvalue weighted by atomic mass is 16.5. The van der Waals surface area contributed by atoms with Crippen molar-refractivity contribution < 1.29 is 58.7 Å². The molecule has 0 aliphatic carbocycles. The summed E-state index contributed by atoms with van der Waals surface area (Å²) in [6, 6.07) is -4.29. The van der Waals surface area contributed by atoms with E-state index < -0.39 is 97.0 Å². The van der Waals surface area contributed by atoms with E-state index in [1.54, 1.807) is 6.92 Å². The summed E-state index contributed by atoms with van der Waals surface area (Å²) in [6.45, 7) is 3.04. The van der Waals surface area contributed by atoms with Gasteiger partial charge in [-0.05, 0) is 19.8 Å². The van der Waals surface area contributed by atoms with E-state index in [2.05, 4.69) is 16.0 Å². The average molecular weight is 578 g/mol. The van der Waals surface area contributed by atoms with Crippen LogP contribution in [0, 0.1) is 5.92 Å². The number of aldehydes is 1.